The predicted molar refractivity (Wildman–Crippen MR) is 97.8 cm³/mol. The van der Waals surface area contributed by atoms with Gasteiger partial charge in [-0.1, -0.05) is 6.07 Å². The Labute approximate surface area is 154 Å². The van der Waals surface area contributed by atoms with Crippen molar-refractivity contribution in [1.29, 1.82) is 0 Å². The highest BCUT2D eigenvalue weighted by Crippen LogP contribution is 2.23. The fourth-order valence-corrected chi connectivity index (χ4v) is 2.90. The number of carbonyl (C=O) groups is 1. The lowest BCUT2D eigenvalue weighted by atomic mass is 10.1. The van der Waals surface area contributed by atoms with E-state index in [0.717, 1.165) is 17.8 Å². The summed E-state index contributed by atoms with van der Waals surface area (Å²) in [5.41, 5.74) is 1.85. The van der Waals surface area contributed by atoms with Gasteiger partial charge in [-0.05, 0) is 61.1 Å². The maximum Gasteiger partial charge on any atom is 0.254 e. The number of aromatic amines is 1. The Bertz CT molecular complexity index is 995. The fourth-order valence-electron chi connectivity index (χ4n) is 2.66. The van der Waals surface area contributed by atoms with Crippen LogP contribution in [-0.2, 0) is 0 Å². The second-order valence-electron chi connectivity index (χ2n) is 5.95. The van der Waals surface area contributed by atoms with Crippen LogP contribution in [0.4, 0.5) is 8.78 Å². The van der Waals surface area contributed by atoms with Crippen LogP contribution in [0.2, 0.25) is 0 Å². The Morgan fingerprint density at radius 1 is 1.15 bits per heavy atom. The standard InChI is InChI=1S/C19H17F2N3OS/c1-12(14-5-8-16(20)17(21)11-14)23(2)18(25)13-3-6-15(7-4-13)24-10-9-22-19(24)26/h3-12H,1-2H3,(H,22,26). The van der Waals surface area contributed by atoms with Gasteiger partial charge in [0.2, 0.25) is 0 Å². The van der Waals surface area contributed by atoms with Crippen molar-refractivity contribution in [2.24, 2.45) is 0 Å². The van der Waals surface area contributed by atoms with E-state index in [-0.39, 0.29) is 5.91 Å². The second-order valence-corrected chi connectivity index (χ2v) is 6.33. The fraction of sp³-hybridized carbons (Fsp3) is 0.158. The zero-order valence-corrected chi connectivity index (χ0v) is 15.1. The predicted octanol–water partition coefficient (Wildman–Crippen LogP) is 4.65. The number of carbonyl (C=O) groups excluding carboxylic acids is 1. The van der Waals surface area contributed by atoms with Crippen molar-refractivity contribution >= 4 is 18.1 Å². The van der Waals surface area contributed by atoms with E-state index in [1.807, 2.05) is 0 Å². The first kappa shape index (κ1) is 18.0. The van der Waals surface area contributed by atoms with E-state index >= 15 is 0 Å². The molecule has 1 aromatic heterocycles. The minimum atomic E-state index is -0.928. The molecule has 3 aromatic rings. The summed E-state index contributed by atoms with van der Waals surface area (Å²) in [7, 11) is 1.63. The van der Waals surface area contributed by atoms with Crippen molar-refractivity contribution in [3.63, 3.8) is 0 Å². The third kappa shape index (κ3) is 3.43. The van der Waals surface area contributed by atoms with E-state index in [1.165, 1.54) is 11.0 Å². The number of amides is 1. The van der Waals surface area contributed by atoms with Crippen LogP contribution in [0.25, 0.3) is 5.69 Å². The maximum absolute atomic E-state index is 13.4. The summed E-state index contributed by atoms with van der Waals surface area (Å²) in [5.74, 6) is -2.05. The zero-order chi connectivity index (χ0) is 18.8. The molecule has 1 amide bonds. The molecule has 0 aliphatic rings. The van der Waals surface area contributed by atoms with Crippen LogP contribution >= 0.6 is 12.2 Å². The normalized spacial score (nSPS) is 12.0. The van der Waals surface area contributed by atoms with Crippen LogP contribution in [0.5, 0.6) is 0 Å². The Hall–Kier alpha value is -2.80. The smallest absolute Gasteiger partial charge is 0.254 e. The van der Waals surface area contributed by atoms with Crippen molar-refractivity contribution in [2.75, 3.05) is 7.05 Å². The molecule has 0 fully saturated rings. The summed E-state index contributed by atoms with van der Waals surface area (Å²) in [5, 5.41) is 0. The van der Waals surface area contributed by atoms with E-state index in [4.69, 9.17) is 12.2 Å². The Morgan fingerprint density at radius 3 is 2.42 bits per heavy atom. The largest absolute Gasteiger partial charge is 0.337 e. The Morgan fingerprint density at radius 2 is 1.85 bits per heavy atom. The number of hydrogen-bond donors (Lipinski definition) is 1. The van der Waals surface area contributed by atoms with Crippen LogP contribution in [0, 0.1) is 16.4 Å². The summed E-state index contributed by atoms with van der Waals surface area (Å²) >= 11 is 5.18. The number of rotatable bonds is 4. The van der Waals surface area contributed by atoms with Crippen LogP contribution in [0.3, 0.4) is 0 Å². The lowest BCUT2D eigenvalue weighted by Crippen LogP contribution is -2.29. The summed E-state index contributed by atoms with van der Waals surface area (Å²) < 4.78 is 28.9. The second kappa shape index (κ2) is 7.21. The average molecular weight is 373 g/mol. The molecule has 134 valence electrons. The SMILES string of the molecule is CC(c1ccc(F)c(F)c1)N(C)C(=O)c1ccc(-n2cc[nH]c2=S)cc1. The van der Waals surface area contributed by atoms with Crippen LogP contribution < -0.4 is 0 Å². The molecule has 26 heavy (non-hydrogen) atoms. The lowest BCUT2D eigenvalue weighted by Gasteiger charge is -2.25. The molecule has 1 unspecified atom stereocenters. The van der Waals surface area contributed by atoms with Crippen molar-refractivity contribution in [1.82, 2.24) is 14.5 Å². The number of nitrogens with zero attached hydrogens (tertiary/aromatic N) is 2. The van der Waals surface area contributed by atoms with Gasteiger partial charge < -0.3 is 9.88 Å². The van der Waals surface area contributed by atoms with E-state index in [2.05, 4.69) is 4.98 Å². The van der Waals surface area contributed by atoms with E-state index in [0.29, 0.717) is 15.9 Å². The van der Waals surface area contributed by atoms with Gasteiger partial charge in [0, 0.05) is 30.7 Å². The molecule has 1 atom stereocenters. The highest BCUT2D eigenvalue weighted by molar-refractivity contribution is 7.71. The van der Waals surface area contributed by atoms with Crippen molar-refractivity contribution in [3.05, 3.63) is 82.4 Å². The molecule has 0 spiro atoms. The quantitative estimate of drug-likeness (QED) is 0.677. The van der Waals surface area contributed by atoms with Crippen LogP contribution in [0.15, 0.2) is 54.9 Å². The molecule has 1 N–H and O–H groups in total. The molecule has 3 rings (SSSR count). The Balaban J connectivity index is 1.80. The lowest BCUT2D eigenvalue weighted by molar-refractivity contribution is 0.0742. The molecular weight excluding hydrogens is 356 g/mol. The minimum Gasteiger partial charge on any atom is -0.337 e. The number of hydrogen-bond acceptors (Lipinski definition) is 2. The number of aromatic nitrogens is 2. The highest BCUT2D eigenvalue weighted by Gasteiger charge is 2.20. The number of H-pyrrole nitrogens is 1. The third-order valence-corrected chi connectivity index (χ3v) is 4.68. The molecule has 0 aliphatic carbocycles. The summed E-state index contributed by atoms with van der Waals surface area (Å²) in [6, 6.07) is 10.3. The first-order valence-electron chi connectivity index (χ1n) is 7.97. The van der Waals surface area contributed by atoms with Gasteiger partial charge in [0.05, 0.1) is 6.04 Å². The highest BCUT2D eigenvalue weighted by atomic mass is 32.1. The molecule has 4 nitrogen and oxygen atoms in total. The van der Waals surface area contributed by atoms with Crippen molar-refractivity contribution in [3.8, 4) is 5.69 Å². The molecule has 0 bridgehead atoms. The molecular formula is C19H17F2N3OS. The Kier molecular flexibility index (Phi) is 4.99. The van der Waals surface area contributed by atoms with Crippen LogP contribution in [-0.4, -0.2) is 27.4 Å². The van der Waals surface area contributed by atoms with Gasteiger partial charge in [0.1, 0.15) is 0 Å². The molecule has 7 heteroatoms. The van der Waals surface area contributed by atoms with E-state index < -0.39 is 17.7 Å². The number of nitrogens with one attached hydrogen (secondary N) is 1. The summed E-state index contributed by atoms with van der Waals surface area (Å²) in [6.45, 7) is 1.76. The molecule has 0 saturated heterocycles. The van der Waals surface area contributed by atoms with E-state index in [1.54, 1.807) is 55.2 Å². The minimum absolute atomic E-state index is 0.216. The molecule has 0 radical (unpaired) electrons. The van der Waals surface area contributed by atoms with E-state index in [9.17, 15) is 13.6 Å². The molecule has 2 aromatic carbocycles. The summed E-state index contributed by atoms with van der Waals surface area (Å²) in [6.07, 6.45) is 3.54. The summed E-state index contributed by atoms with van der Waals surface area (Å²) in [4.78, 5) is 17.1. The van der Waals surface area contributed by atoms with Gasteiger partial charge in [0.25, 0.3) is 5.91 Å². The number of benzene rings is 2. The zero-order valence-electron chi connectivity index (χ0n) is 14.2. The third-order valence-electron chi connectivity index (χ3n) is 4.37. The van der Waals surface area contributed by atoms with Gasteiger partial charge in [-0.25, -0.2) is 8.78 Å². The monoisotopic (exact) mass is 373 g/mol. The topological polar surface area (TPSA) is 41.0 Å². The molecule has 1 heterocycles. The van der Waals surface area contributed by atoms with Crippen LogP contribution in [0.1, 0.15) is 28.9 Å². The number of imidazole rings is 1. The van der Waals surface area contributed by atoms with Gasteiger partial charge in [-0.3, -0.25) is 9.36 Å². The number of halogens is 2. The first-order valence-corrected chi connectivity index (χ1v) is 8.38. The first-order chi connectivity index (χ1) is 12.4. The average Bonchev–Trinajstić information content (AvgIpc) is 3.08. The van der Waals surface area contributed by atoms with Gasteiger partial charge in [-0.2, -0.15) is 0 Å². The van der Waals surface area contributed by atoms with Gasteiger partial charge >= 0.3 is 0 Å². The van der Waals surface area contributed by atoms with Crippen molar-refractivity contribution in [2.45, 2.75) is 13.0 Å². The van der Waals surface area contributed by atoms with Gasteiger partial charge in [0.15, 0.2) is 16.4 Å². The molecule has 0 aliphatic heterocycles. The maximum atomic E-state index is 13.4. The van der Waals surface area contributed by atoms with Crippen molar-refractivity contribution < 1.29 is 13.6 Å². The van der Waals surface area contributed by atoms with Gasteiger partial charge in [-0.15, -0.1) is 0 Å². The molecule has 0 saturated carbocycles.